The third-order valence-electron chi connectivity index (χ3n) is 2.92. The van der Waals surface area contributed by atoms with Gasteiger partial charge in [0.1, 0.15) is 0 Å². The highest BCUT2D eigenvalue weighted by Gasteiger charge is 2.47. The molecule has 0 saturated carbocycles. The molecule has 2 rings (SSSR count). The highest BCUT2D eigenvalue weighted by molar-refractivity contribution is 5.80. The van der Waals surface area contributed by atoms with E-state index in [9.17, 15) is 13.6 Å². The predicted molar refractivity (Wildman–Crippen MR) is 59.4 cm³/mol. The Morgan fingerprint density at radius 3 is 2.65 bits per heavy atom. The predicted octanol–water partition coefficient (Wildman–Crippen LogP) is 1.38. The minimum atomic E-state index is -2.82. The molecule has 3 nitrogen and oxygen atoms in total. The van der Waals surface area contributed by atoms with Crippen LogP contribution in [0.3, 0.4) is 0 Å². The maximum Gasteiger partial charge on any atom is 0.262 e. The molecule has 2 N–H and O–H groups in total. The van der Waals surface area contributed by atoms with Crippen LogP contribution in [0.15, 0.2) is 30.3 Å². The number of carbonyl (C=O) groups excluding carboxylic acids is 1. The summed E-state index contributed by atoms with van der Waals surface area (Å²) in [4.78, 5) is 12.6. The van der Waals surface area contributed by atoms with Gasteiger partial charge in [-0.15, -0.1) is 0 Å². The summed E-state index contributed by atoms with van der Waals surface area (Å²) < 4.78 is 26.5. The van der Waals surface area contributed by atoms with E-state index in [4.69, 9.17) is 5.73 Å². The lowest BCUT2D eigenvalue weighted by Gasteiger charge is -2.20. The summed E-state index contributed by atoms with van der Waals surface area (Å²) in [6.07, 6.45) is -0.477. The normalized spacial score (nSPS) is 23.8. The Balaban J connectivity index is 2.12. The molecule has 0 spiro atoms. The maximum absolute atomic E-state index is 13.3. The first-order valence-corrected chi connectivity index (χ1v) is 5.43. The van der Waals surface area contributed by atoms with E-state index in [1.54, 1.807) is 0 Å². The van der Waals surface area contributed by atoms with Crippen LogP contribution in [0.1, 0.15) is 12.0 Å². The van der Waals surface area contributed by atoms with E-state index in [0.29, 0.717) is 6.54 Å². The topological polar surface area (TPSA) is 46.3 Å². The molecule has 0 radical (unpaired) electrons. The molecule has 0 aliphatic carbocycles. The van der Waals surface area contributed by atoms with Crippen molar-refractivity contribution in [2.45, 2.75) is 24.9 Å². The molecule has 1 fully saturated rings. The van der Waals surface area contributed by atoms with Crippen molar-refractivity contribution in [3.05, 3.63) is 35.9 Å². The summed E-state index contributed by atoms with van der Waals surface area (Å²) >= 11 is 0. The van der Waals surface area contributed by atoms with Gasteiger partial charge in [-0.2, -0.15) is 0 Å². The molecule has 5 heteroatoms. The van der Waals surface area contributed by atoms with Gasteiger partial charge in [-0.25, -0.2) is 8.78 Å². The average molecular weight is 240 g/mol. The minimum absolute atomic E-state index is 0.323. The van der Waals surface area contributed by atoms with Gasteiger partial charge in [-0.05, 0) is 5.56 Å². The van der Waals surface area contributed by atoms with E-state index in [2.05, 4.69) is 0 Å². The van der Waals surface area contributed by atoms with Gasteiger partial charge < -0.3 is 5.73 Å². The lowest BCUT2D eigenvalue weighted by Crippen LogP contribution is -2.39. The number of nitrogens with zero attached hydrogens (tertiary/aromatic N) is 1. The number of rotatable bonds is 3. The molecule has 0 aromatic heterocycles. The van der Waals surface area contributed by atoms with E-state index in [-0.39, 0.29) is 0 Å². The number of amides is 1. The van der Waals surface area contributed by atoms with E-state index >= 15 is 0 Å². The Bertz CT molecular complexity index is 408. The van der Waals surface area contributed by atoms with Crippen LogP contribution in [0.5, 0.6) is 0 Å². The van der Waals surface area contributed by atoms with Crippen molar-refractivity contribution >= 4 is 5.91 Å². The van der Waals surface area contributed by atoms with E-state index in [1.807, 2.05) is 30.3 Å². The zero-order valence-corrected chi connectivity index (χ0v) is 9.27. The smallest absolute Gasteiger partial charge is 0.262 e. The number of alkyl halides is 2. The molecule has 1 aliphatic rings. The minimum Gasteiger partial charge on any atom is -0.368 e. The molecule has 1 saturated heterocycles. The lowest BCUT2D eigenvalue weighted by molar-refractivity contribution is -0.122. The van der Waals surface area contributed by atoms with Crippen LogP contribution in [0.4, 0.5) is 8.78 Å². The Labute approximate surface area is 98.2 Å². The number of hydrogen-bond acceptors (Lipinski definition) is 2. The molecule has 92 valence electrons. The third kappa shape index (κ3) is 2.79. The molecular formula is C12H14F2N2O. The zero-order valence-electron chi connectivity index (χ0n) is 9.27. The second-order valence-electron chi connectivity index (χ2n) is 4.37. The summed E-state index contributed by atoms with van der Waals surface area (Å²) in [7, 11) is 0. The van der Waals surface area contributed by atoms with Gasteiger partial charge in [-0.3, -0.25) is 9.69 Å². The second-order valence-corrected chi connectivity index (χ2v) is 4.37. The molecule has 1 aliphatic heterocycles. The Kier molecular flexibility index (Phi) is 3.11. The van der Waals surface area contributed by atoms with Crippen molar-refractivity contribution < 1.29 is 13.6 Å². The highest BCUT2D eigenvalue weighted by Crippen LogP contribution is 2.32. The van der Waals surface area contributed by atoms with Gasteiger partial charge in [0, 0.05) is 13.0 Å². The standard InChI is InChI=1S/C12H14F2N2O/c13-12(14)6-10(11(15)17)16(8-12)7-9-4-2-1-3-5-9/h1-5,10H,6-8H2,(H2,15,17)/t10-/m0/s1. The number of carbonyl (C=O) groups is 1. The molecular weight excluding hydrogens is 226 g/mol. The number of hydrogen-bond donors (Lipinski definition) is 1. The first-order valence-electron chi connectivity index (χ1n) is 5.43. The molecule has 1 aromatic rings. The van der Waals surface area contributed by atoms with Gasteiger partial charge in [0.2, 0.25) is 5.91 Å². The van der Waals surface area contributed by atoms with Gasteiger partial charge in [0.15, 0.2) is 0 Å². The van der Waals surface area contributed by atoms with Crippen molar-refractivity contribution in [1.82, 2.24) is 4.90 Å². The van der Waals surface area contributed by atoms with Gasteiger partial charge >= 0.3 is 0 Å². The summed E-state index contributed by atoms with van der Waals surface area (Å²) in [6.45, 7) is -0.0838. The largest absolute Gasteiger partial charge is 0.368 e. The average Bonchev–Trinajstić information content (AvgIpc) is 2.55. The SMILES string of the molecule is NC(=O)[C@@H]1CC(F)(F)CN1Cc1ccccc1. The van der Waals surface area contributed by atoms with Gasteiger partial charge in [0.25, 0.3) is 5.92 Å². The van der Waals surface area contributed by atoms with Crippen molar-refractivity contribution in [1.29, 1.82) is 0 Å². The van der Waals surface area contributed by atoms with Crippen LogP contribution in [0.25, 0.3) is 0 Å². The molecule has 1 heterocycles. The lowest BCUT2D eigenvalue weighted by atomic mass is 10.1. The third-order valence-corrected chi connectivity index (χ3v) is 2.92. The maximum atomic E-state index is 13.3. The molecule has 1 atom stereocenters. The number of benzene rings is 1. The molecule has 1 aromatic carbocycles. The van der Waals surface area contributed by atoms with Crippen molar-refractivity contribution in [3.8, 4) is 0 Å². The fourth-order valence-electron chi connectivity index (χ4n) is 2.15. The van der Waals surface area contributed by atoms with E-state index in [1.165, 1.54) is 4.90 Å². The quantitative estimate of drug-likeness (QED) is 0.867. The van der Waals surface area contributed by atoms with Crippen LogP contribution in [-0.2, 0) is 11.3 Å². The number of halogens is 2. The summed E-state index contributed by atoms with van der Waals surface area (Å²) in [5.74, 6) is -3.51. The Morgan fingerprint density at radius 2 is 2.06 bits per heavy atom. The number of nitrogens with two attached hydrogens (primary N) is 1. The van der Waals surface area contributed by atoms with Crippen LogP contribution in [0, 0.1) is 0 Å². The Hall–Kier alpha value is -1.49. The van der Waals surface area contributed by atoms with Crippen LogP contribution in [0.2, 0.25) is 0 Å². The molecule has 17 heavy (non-hydrogen) atoms. The van der Waals surface area contributed by atoms with E-state index in [0.717, 1.165) is 5.56 Å². The monoisotopic (exact) mass is 240 g/mol. The summed E-state index contributed by atoms with van der Waals surface area (Å²) in [5, 5.41) is 0. The fourth-order valence-corrected chi connectivity index (χ4v) is 2.15. The van der Waals surface area contributed by atoms with Crippen molar-refractivity contribution in [2.24, 2.45) is 5.73 Å². The Morgan fingerprint density at radius 1 is 1.41 bits per heavy atom. The zero-order chi connectivity index (χ0) is 12.5. The number of likely N-dealkylation sites (tertiary alicyclic amines) is 1. The molecule has 0 unspecified atom stereocenters. The van der Waals surface area contributed by atoms with Crippen LogP contribution < -0.4 is 5.73 Å². The highest BCUT2D eigenvalue weighted by atomic mass is 19.3. The fraction of sp³-hybridized carbons (Fsp3) is 0.417. The van der Waals surface area contributed by atoms with Gasteiger partial charge in [0.05, 0.1) is 12.6 Å². The summed E-state index contributed by atoms with van der Waals surface area (Å²) in [5.41, 5.74) is 6.05. The first kappa shape index (κ1) is 12.0. The number of primary amides is 1. The van der Waals surface area contributed by atoms with E-state index < -0.39 is 30.8 Å². The second kappa shape index (κ2) is 4.41. The molecule has 1 amide bonds. The molecule has 0 bridgehead atoms. The van der Waals surface area contributed by atoms with Gasteiger partial charge in [-0.1, -0.05) is 30.3 Å². The van der Waals surface area contributed by atoms with Crippen molar-refractivity contribution in [2.75, 3.05) is 6.54 Å². The van der Waals surface area contributed by atoms with Crippen LogP contribution >= 0.6 is 0 Å². The van der Waals surface area contributed by atoms with Crippen molar-refractivity contribution in [3.63, 3.8) is 0 Å². The van der Waals surface area contributed by atoms with Crippen LogP contribution in [-0.4, -0.2) is 29.3 Å². The summed E-state index contributed by atoms with van der Waals surface area (Å²) in [6, 6.07) is 8.34. The first-order chi connectivity index (χ1) is 7.98.